The molecule has 0 amide bonds. The first-order valence-corrected chi connectivity index (χ1v) is 4.33. The van der Waals surface area contributed by atoms with Crippen molar-refractivity contribution in [3.05, 3.63) is 35.1 Å². The second-order valence-electron chi connectivity index (χ2n) is 3.01. The second kappa shape index (κ2) is 4.19. The lowest BCUT2D eigenvalue weighted by atomic mass is 9.99. The maximum atomic E-state index is 12.8. The number of carboxylic acids is 1. The van der Waals surface area contributed by atoms with Crippen molar-refractivity contribution >= 4 is 5.97 Å². The number of carboxylic acid groups (broad SMARTS) is 1. The summed E-state index contributed by atoms with van der Waals surface area (Å²) in [6, 6.07) is 2.88. The number of hydrogen-bond acceptors (Lipinski definition) is 2. The Balaban J connectivity index is 3.13. The van der Waals surface area contributed by atoms with Crippen LogP contribution >= 0.6 is 0 Å². The van der Waals surface area contributed by atoms with Gasteiger partial charge in [0.15, 0.2) is 0 Å². The Hall–Kier alpha value is -1.42. The molecule has 0 aliphatic carbocycles. The molecule has 1 atom stereocenters. The zero-order chi connectivity index (χ0) is 10.7. The lowest BCUT2D eigenvalue weighted by molar-refractivity contribution is -0.138. The van der Waals surface area contributed by atoms with E-state index in [9.17, 15) is 9.18 Å². The summed E-state index contributed by atoms with van der Waals surface area (Å²) < 4.78 is 12.8. The highest BCUT2D eigenvalue weighted by atomic mass is 19.1. The molecular weight excluding hydrogens is 185 g/mol. The van der Waals surface area contributed by atoms with E-state index in [0.29, 0.717) is 17.5 Å². The molecule has 1 rings (SSSR count). The van der Waals surface area contributed by atoms with Gasteiger partial charge in [0.05, 0.1) is 0 Å². The first-order valence-electron chi connectivity index (χ1n) is 4.33. The maximum absolute atomic E-state index is 12.8. The lowest BCUT2D eigenvalue weighted by Crippen LogP contribution is -2.22. The van der Waals surface area contributed by atoms with Gasteiger partial charge in [0, 0.05) is 0 Å². The maximum Gasteiger partial charge on any atom is 0.325 e. The van der Waals surface area contributed by atoms with Crippen LogP contribution in [0.1, 0.15) is 24.1 Å². The molecule has 0 radical (unpaired) electrons. The van der Waals surface area contributed by atoms with Gasteiger partial charge in [-0.25, -0.2) is 4.39 Å². The first-order chi connectivity index (χ1) is 6.56. The average Bonchev–Trinajstić information content (AvgIpc) is 2.16. The Morgan fingerprint density at radius 3 is 2.79 bits per heavy atom. The van der Waals surface area contributed by atoms with Crippen LogP contribution < -0.4 is 5.73 Å². The van der Waals surface area contributed by atoms with Gasteiger partial charge < -0.3 is 10.8 Å². The Bertz CT molecular complexity index is 352. The van der Waals surface area contributed by atoms with Crippen LogP contribution in [0.25, 0.3) is 0 Å². The van der Waals surface area contributed by atoms with E-state index in [0.717, 1.165) is 0 Å². The molecule has 3 N–H and O–H groups in total. The third-order valence-electron chi connectivity index (χ3n) is 2.09. The summed E-state index contributed by atoms with van der Waals surface area (Å²) in [6.07, 6.45) is 0.564. The lowest BCUT2D eigenvalue weighted by Gasteiger charge is -2.11. The van der Waals surface area contributed by atoms with Crippen LogP contribution in [-0.4, -0.2) is 11.1 Å². The van der Waals surface area contributed by atoms with Crippen molar-refractivity contribution in [2.75, 3.05) is 0 Å². The number of aliphatic carboxylic acids is 1. The van der Waals surface area contributed by atoms with Crippen molar-refractivity contribution in [2.45, 2.75) is 19.4 Å². The molecule has 1 aromatic rings. The van der Waals surface area contributed by atoms with E-state index in [2.05, 4.69) is 0 Å². The van der Waals surface area contributed by atoms with Gasteiger partial charge in [-0.3, -0.25) is 4.79 Å². The highest BCUT2D eigenvalue weighted by Gasteiger charge is 2.17. The quantitative estimate of drug-likeness (QED) is 0.771. The predicted octanol–water partition coefficient (Wildman–Crippen LogP) is 1.47. The van der Waals surface area contributed by atoms with E-state index in [1.807, 2.05) is 6.92 Å². The monoisotopic (exact) mass is 197 g/mol. The Labute approximate surface area is 81.4 Å². The number of hydrogen-bond donors (Lipinski definition) is 2. The molecule has 0 aromatic heterocycles. The van der Waals surface area contributed by atoms with Gasteiger partial charge in [-0.1, -0.05) is 13.0 Å². The van der Waals surface area contributed by atoms with Crippen LogP contribution in [0.4, 0.5) is 4.39 Å². The number of nitrogens with two attached hydrogens (primary N) is 1. The summed E-state index contributed by atoms with van der Waals surface area (Å²) in [6.45, 7) is 1.83. The summed E-state index contributed by atoms with van der Waals surface area (Å²) in [5.74, 6) is -1.48. The summed E-state index contributed by atoms with van der Waals surface area (Å²) in [5, 5.41) is 8.71. The summed E-state index contributed by atoms with van der Waals surface area (Å²) >= 11 is 0. The van der Waals surface area contributed by atoms with Crippen LogP contribution in [0, 0.1) is 5.82 Å². The smallest absolute Gasteiger partial charge is 0.325 e. The van der Waals surface area contributed by atoms with Gasteiger partial charge in [-0.15, -0.1) is 0 Å². The standard InChI is InChI=1S/C10H12FNO2/c1-2-6-5-7(11)3-4-8(6)9(12)10(13)14/h3-5,9H,2,12H2,1H3,(H,13,14). The largest absolute Gasteiger partial charge is 0.480 e. The molecule has 14 heavy (non-hydrogen) atoms. The minimum atomic E-state index is -1.11. The van der Waals surface area contributed by atoms with Crippen molar-refractivity contribution in [1.29, 1.82) is 0 Å². The van der Waals surface area contributed by atoms with E-state index in [1.165, 1.54) is 18.2 Å². The van der Waals surface area contributed by atoms with E-state index in [-0.39, 0.29) is 5.82 Å². The highest BCUT2D eigenvalue weighted by molar-refractivity contribution is 5.75. The molecule has 76 valence electrons. The van der Waals surface area contributed by atoms with Gasteiger partial charge >= 0.3 is 5.97 Å². The first kappa shape index (κ1) is 10.7. The zero-order valence-electron chi connectivity index (χ0n) is 7.83. The van der Waals surface area contributed by atoms with E-state index >= 15 is 0 Å². The van der Waals surface area contributed by atoms with Gasteiger partial charge in [0.2, 0.25) is 0 Å². The third kappa shape index (κ3) is 2.09. The Morgan fingerprint density at radius 2 is 2.29 bits per heavy atom. The minimum Gasteiger partial charge on any atom is -0.480 e. The van der Waals surface area contributed by atoms with Crippen molar-refractivity contribution in [3.8, 4) is 0 Å². The molecule has 0 saturated carbocycles. The molecule has 1 aromatic carbocycles. The SMILES string of the molecule is CCc1cc(F)ccc1C(N)C(=O)O. The van der Waals surface area contributed by atoms with Crippen molar-refractivity contribution < 1.29 is 14.3 Å². The van der Waals surface area contributed by atoms with Crippen molar-refractivity contribution in [2.24, 2.45) is 5.73 Å². The fourth-order valence-electron chi connectivity index (χ4n) is 1.32. The number of benzene rings is 1. The van der Waals surface area contributed by atoms with Crippen LogP contribution in [0.2, 0.25) is 0 Å². The molecule has 0 spiro atoms. The van der Waals surface area contributed by atoms with Gasteiger partial charge in [0.25, 0.3) is 0 Å². The molecule has 0 heterocycles. The average molecular weight is 197 g/mol. The number of rotatable bonds is 3. The summed E-state index contributed by atoms with van der Waals surface area (Å²) in [4.78, 5) is 10.6. The number of halogens is 1. The molecule has 0 fully saturated rings. The number of aryl methyl sites for hydroxylation is 1. The topological polar surface area (TPSA) is 63.3 Å². The molecule has 4 heteroatoms. The molecular formula is C10H12FNO2. The van der Waals surface area contributed by atoms with Crippen LogP contribution in [-0.2, 0) is 11.2 Å². The Morgan fingerprint density at radius 1 is 1.64 bits per heavy atom. The zero-order valence-corrected chi connectivity index (χ0v) is 7.83. The van der Waals surface area contributed by atoms with Crippen LogP contribution in [0.3, 0.4) is 0 Å². The normalized spacial score (nSPS) is 12.5. The minimum absolute atomic E-state index is 0.372. The van der Waals surface area contributed by atoms with Crippen LogP contribution in [0.5, 0.6) is 0 Å². The molecule has 0 bridgehead atoms. The fourth-order valence-corrected chi connectivity index (χ4v) is 1.32. The molecule has 0 aliphatic heterocycles. The second-order valence-corrected chi connectivity index (χ2v) is 3.01. The summed E-state index contributed by atoms with van der Waals surface area (Å²) in [7, 11) is 0. The molecule has 1 unspecified atom stereocenters. The van der Waals surface area contributed by atoms with Gasteiger partial charge in [-0.05, 0) is 29.7 Å². The van der Waals surface area contributed by atoms with E-state index in [1.54, 1.807) is 0 Å². The van der Waals surface area contributed by atoms with Crippen LogP contribution in [0.15, 0.2) is 18.2 Å². The summed E-state index contributed by atoms with van der Waals surface area (Å²) in [5.41, 5.74) is 6.55. The number of carbonyl (C=O) groups is 1. The van der Waals surface area contributed by atoms with Crippen molar-refractivity contribution in [3.63, 3.8) is 0 Å². The Kier molecular flexibility index (Phi) is 3.19. The predicted molar refractivity (Wildman–Crippen MR) is 50.3 cm³/mol. The van der Waals surface area contributed by atoms with E-state index in [4.69, 9.17) is 10.8 Å². The highest BCUT2D eigenvalue weighted by Crippen LogP contribution is 2.18. The molecule has 0 aliphatic rings. The fraction of sp³-hybridized carbons (Fsp3) is 0.300. The van der Waals surface area contributed by atoms with Gasteiger partial charge in [0.1, 0.15) is 11.9 Å². The van der Waals surface area contributed by atoms with E-state index < -0.39 is 12.0 Å². The molecule has 0 saturated heterocycles. The molecule has 3 nitrogen and oxygen atoms in total. The van der Waals surface area contributed by atoms with Crippen molar-refractivity contribution in [1.82, 2.24) is 0 Å². The third-order valence-corrected chi connectivity index (χ3v) is 2.09. The van der Waals surface area contributed by atoms with Gasteiger partial charge in [-0.2, -0.15) is 0 Å².